The summed E-state index contributed by atoms with van der Waals surface area (Å²) < 4.78 is 118. The highest BCUT2D eigenvalue weighted by Crippen LogP contribution is 2.43. The molecule has 4 atom stereocenters. The molecule has 0 radical (unpaired) electrons. The van der Waals surface area contributed by atoms with E-state index >= 15 is 0 Å². The van der Waals surface area contributed by atoms with Gasteiger partial charge in [-0.1, -0.05) is 25.0 Å². The minimum atomic E-state index is -3.75. The van der Waals surface area contributed by atoms with Crippen LogP contribution in [0.4, 0.5) is 8.78 Å². The number of rotatable bonds is 16. The number of hydrogen-bond acceptors (Lipinski definition) is 18. The third-order valence-corrected chi connectivity index (χ3v) is 16.9. The molecule has 2 fully saturated rings. The normalized spacial score (nSPS) is 17.9. The van der Waals surface area contributed by atoms with Crippen LogP contribution in [0.2, 0.25) is 0 Å². The fourth-order valence-electron chi connectivity index (χ4n) is 9.43. The van der Waals surface area contributed by atoms with Crippen LogP contribution >= 0.6 is 0 Å². The summed E-state index contributed by atoms with van der Waals surface area (Å²) in [6, 6.07) is 17.3. The maximum atomic E-state index is 13.7. The molecule has 20 nitrogen and oxygen atoms in total. The number of hydrogen-bond donors (Lipinski definition) is 0. The Hall–Kier alpha value is -7.60. The van der Waals surface area contributed by atoms with Crippen molar-refractivity contribution in [2.75, 3.05) is 28.4 Å². The molecule has 8 aromatic rings. The molecule has 2 saturated carbocycles. The third-order valence-electron chi connectivity index (χ3n) is 12.6. The highest BCUT2D eigenvalue weighted by Gasteiger charge is 2.43. The second-order valence-corrected chi connectivity index (χ2v) is 21.3. The summed E-state index contributed by atoms with van der Waals surface area (Å²) in [5, 5.41) is 15.5. The van der Waals surface area contributed by atoms with E-state index in [0.29, 0.717) is 108 Å². The van der Waals surface area contributed by atoms with Gasteiger partial charge in [0, 0.05) is 11.8 Å². The zero-order valence-corrected chi connectivity index (χ0v) is 41.0. The largest absolute Gasteiger partial charge is 0.494 e. The van der Waals surface area contributed by atoms with Gasteiger partial charge in [0.2, 0.25) is 11.6 Å². The Kier molecular flexibility index (Phi) is 14.4. The lowest BCUT2D eigenvalue weighted by molar-refractivity contribution is 0.390. The number of halogens is 2. The van der Waals surface area contributed by atoms with Crippen LogP contribution in [0.15, 0.2) is 107 Å². The zero-order valence-electron chi connectivity index (χ0n) is 39.3. The van der Waals surface area contributed by atoms with Gasteiger partial charge in [-0.2, -0.15) is 0 Å². The molecule has 0 spiro atoms. The summed E-state index contributed by atoms with van der Waals surface area (Å²) in [5.41, 5.74) is 0.905. The molecule has 0 N–H and O–H groups in total. The molecule has 24 heteroatoms. The first-order valence-corrected chi connectivity index (χ1v) is 26.1. The number of aromatic nitrogens is 10. The summed E-state index contributed by atoms with van der Waals surface area (Å²) in [6.45, 7) is 0. The lowest BCUT2D eigenvalue weighted by Crippen LogP contribution is -2.27. The molecule has 2 aromatic carbocycles. The van der Waals surface area contributed by atoms with E-state index in [0.717, 1.165) is 24.8 Å². The van der Waals surface area contributed by atoms with Gasteiger partial charge in [0.25, 0.3) is 0 Å². The number of nitrogens with zero attached hydrogens (tertiary/aromatic N) is 10. The molecule has 0 unspecified atom stereocenters. The van der Waals surface area contributed by atoms with E-state index in [1.807, 2.05) is 0 Å². The molecular formula is C48H48F2N10O10S2. The Balaban J connectivity index is 0.000000178. The van der Waals surface area contributed by atoms with Crippen molar-refractivity contribution in [3.05, 3.63) is 133 Å². The van der Waals surface area contributed by atoms with Crippen molar-refractivity contribution >= 4 is 19.7 Å². The van der Waals surface area contributed by atoms with E-state index in [1.54, 1.807) is 69.8 Å². The highest BCUT2D eigenvalue weighted by atomic mass is 32.2. The van der Waals surface area contributed by atoms with Crippen molar-refractivity contribution in [2.45, 2.75) is 72.4 Å². The van der Waals surface area contributed by atoms with E-state index < -0.39 is 65.2 Å². The lowest BCUT2D eigenvalue weighted by atomic mass is 10.1. The Morgan fingerprint density at radius 2 is 0.889 bits per heavy atom. The Morgan fingerprint density at radius 1 is 0.528 bits per heavy atom. The molecule has 10 rings (SSSR count). The molecule has 6 aromatic heterocycles. The van der Waals surface area contributed by atoms with Crippen LogP contribution in [0.1, 0.15) is 73.7 Å². The molecule has 0 amide bonds. The Labute approximate surface area is 412 Å². The van der Waals surface area contributed by atoms with Gasteiger partial charge in [-0.15, -0.1) is 20.4 Å². The molecular weight excluding hydrogens is 979 g/mol. The van der Waals surface area contributed by atoms with Crippen molar-refractivity contribution in [1.29, 1.82) is 0 Å². The van der Waals surface area contributed by atoms with E-state index in [-0.39, 0.29) is 11.6 Å². The molecule has 0 bridgehead atoms. The van der Waals surface area contributed by atoms with Gasteiger partial charge in [-0.05, 0) is 74.2 Å². The number of para-hydroxylation sites is 2. The van der Waals surface area contributed by atoms with Crippen LogP contribution < -0.4 is 18.9 Å². The SMILES string of the molecule is COc1cccc(OC)c1-n1c(CS(=O)(=O)[C@@H]2CCC[C@H]2c2ncc(F)cn2)nnc1-c1ccco1.COc1cccc(OC)c1-n1c(CS(=O)(=O)[C@H]2CCC[C@@H]2c2ncc(F)cn2)nnc1-c1ccco1. The second kappa shape index (κ2) is 21.0. The maximum absolute atomic E-state index is 13.7. The van der Waals surface area contributed by atoms with Crippen molar-refractivity contribution in [3.63, 3.8) is 0 Å². The number of methoxy groups -OCH3 is 4. The smallest absolute Gasteiger partial charge is 0.204 e. The van der Waals surface area contributed by atoms with Gasteiger partial charge >= 0.3 is 0 Å². The second-order valence-electron chi connectivity index (χ2n) is 16.8. The quantitative estimate of drug-likeness (QED) is 0.0912. The van der Waals surface area contributed by atoms with Gasteiger partial charge in [0.05, 0.1) is 76.3 Å². The average molecular weight is 1030 g/mol. The molecule has 0 aliphatic heterocycles. The minimum absolute atomic E-state index is 0.176. The van der Waals surface area contributed by atoms with Crippen LogP contribution in [-0.2, 0) is 31.2 Å². The monoisotopic (exact) mass is 1030 g/mol. The predicted octanol–water partition coefficient (Wildman–Crippen LogP) is 7.45. The Bertz CT molecular complexity index is 3090. The van der Waals surface area contributed by atoms with Gasteiger partial charge in [-0.3, -0.25) is 9.13 Å². The van der Waals surface area contributed by atoms with Crippen LogP contribution in [0, 0.1) is 11.6 Å². The number of benzene rings is 2. The van der Waals surface area contributed by atoms with Crippen molar-refractivity contribution < 1.29 is 53.4 Å². The first-order chi connectivity index (χ1) is 34.8. The standard InChI is InChI=1S/2C24H24FN5O5S/c2*1-33-17-7-4-8-18(34-2)22(17)30-21(28-29-24(30)19-9-5-11-35-19)14-36(31,32)20-10-3-6-16(20)23-26-12-15(25)13-27-23/h2*4-5,7-9,11-13,16,20H,3,6,10,14H2,1-2H3/t2*16-,20-/m10/s1. The van der Waals surface area contributed by atoms with Crippen LogP contribution in [0.5, 0.6) is 23.0 Å². The average Bonchev–Trinajstić information content (AvgIpc) is 4.25. The topological polar surface area (TPSA) is 244 Å². The summed E-state index contributed by atoms with van der Waals surface area (Å²) in [4.78, 5) is 16.2. The molecule has 0 saturated heterocycles. The maximum Gasteiger partial charge on any atom is 0.204 e. The van der Waals surface area contributed by atoms with Crippen molar-refractivity contribution in [3.8, 4) is 57.5 Å². The summed E-state index contributed by atoms with van der Waals surface area (Å²) in [5.74, 6) is 1.38. The van der Waals surface area contributed by atoms with E-state index in [4.69, 9.17) is 27.8 Å². The van der Waals surface area contributed by atoms with Gasteiger partial charge in [0.1, 0.15) is 57.5 Å². The molecule has 72 heavy (non-hydrogen) atoms. The van der Waals surface area contributed by atoms with Crippen molar-refractivity contribution in [1.82, 2.24) is 49.5 Å². The van der Waals surface area contributed by atoms with Gasteiger partial charge < -0.3 is 27.8 Å². The number of furan rings is 2. The highest BCUT2D eigenvalue weighted by molar-refractivity contribution is 7.91. The molecule has 2 aliphatic carbocycles. The van der Waals surface area contributed by atoms with Crippen molar-refractivity contribution in [2.24, 2.45) is 0 Å². The first-order valence-electron chi connectivity index (χ1n) is 22.6. The predicted molar refractivity (Wildman–Crippen MR) is 254 cm³/mol. The zero-order chi connectivity index (χ0) is 50.6. The summed E-state index contributed by atoms with van der Waals surface area (Å²) in [7, 11) is -1.46. The molecule has 376 valence electrons. The van der Waals surface area contributed by atoms with Gasteiger partial charge in [-0.25, -0.2) is 45.6 Å². The summed E-state index contributed by atoms with van der Waals surface area (Å²) >= 11 is 0. The van der Waals surface area contributed by atoms with Crippen LogP contribution in [0.25, 0.3) is 34.5 Å². The Morgan fingerprint density at radius 3 is 1.21 bits per heavy atom. The molecule has 2 aliphatic rings. The number of sulfone groups is 2. The third kappa shape index (κ3) is 9.87. The van der Waals surface area contributed by atoms with E-state index in [9.17, 15) is 25.6 Å². The van der Waals surface area contributed by atoms with E-state index in [1.165, 1.54) is 41.0 Å². The first kappa shape index (κ1) is 49.4. The van der Waals surface area contributed by atoms with Crippen LogP contribution in [0.3, 0.4) is 0 Å². The fraction of sp³-hybridized carbons (Fsp3) is 0.333. The van der Waals surface area contributed by atoms with Crippen LogP contribution in [-0.4, -0.2) is 105 Å². The fourth-order valence-corrected chi connectivity index (χ4v) is 13.5. The molecule has 6 heterocycles. The van der Waals surface area contributed by atoms with E-state index in [2.05, 4.69) is 40.3 Å². The minimum Gasteiger partial charge on any atom is -0.494 e. The summed E-state index contributed by atoms with van der Waals surface area (Å²) in [6.07, 6.45) is 10.7. The van der Waals surface area contributed by atoms with Gasteiger partial charge in [0.15, 0.2) is 54.5 Å². The lowest BCUT2D eigenvalue weighted by Gasteiger charge is -2.20. The number of ether oxygens (including phenoxy) is 4.